The average molecular weight is 384 g/mol. The number of hydrogen-bond donors (Lipinski definition) is 1. The minimum absolute atomic E-state index is 0.0643. The van der Waals surface area contributed by atoms with Crippen LogP contribution in [0.25, 0.3) is 11.0 Å². The van der Waals surface area contributed by atoms with Gasteiger partial charge in [0.25, 0.3) is 0 Å². The Hall–Kier alpha value is -2.87. The number of methoxy groups -OCH3 is 1. The second kappa shape index (κ2) is 8.43. The quantitative estimate of drug-likeness (QED) is 0.702. The van der Waals surface area contributed by atoms with Gasteiger partial charge in [0.1, 0.15) is 11.3 Å². The van der Waals surface area contributed by atoms with E-state index in [4.69, 9.17) is 13.7 Å². The number of nitrogens with one attached hydrogen (secondary N) is 1. The monoisotopic (exact) mass is 384 g/mol. The zero-order chi connectivity index (χ0) is 19.3. The molecule has 1 aliphatic rings. The summed E-state index contributed by atoms with van der Waals surface area (Å²) in [5.41, 5.74) is 0.824. The Morgan fingerprint density at radius 2 is 2.29 bits per heavy atom. The van der Waals surface area contributed by atoms with Gasteiger partial charge >= 0.3 is 6.03 Å². The first kappa shape index (κ1) is 18.5. The van der Waals surface area contributed by atoms with Gasteiger partial charge in [-0.05, 0) is 25.0 Å². The Morgan fingerprint density at radius 1 is 1.39 bits per heavy atom. The van der Waals surface area contributed by atoms with Gasteiger partial charge in [-0.15, -0.1) is 0 Å². The van der Waals surface area contributed by atoms with Crippen LogP contribution in [0.1, 0.15) is 36.2 Å². The molecule has 3 aromatic rings. The fourth-order valence-electron chi connectivity index (χ4n) is 3.49. The molecule has 8 nitrogen and oxygen atoms in total. The summed E-state index contributed by atoms with van der Waals surface area (Å²) in [4.78, 5) is 18.9. The number of nitrogens with zero attached hydrogens (tertiary/aromatic N) is 3. The van der Waals surface area contributed by atoms with Crippen molar-refractivity contribution in [1.82, 2.24) is 20.4 Å². The van der Waals surface area contributed by atoms with Crippen molar-refractivity contribution >= 4 is 17.0 Å². The fourth-order valence-corrected chi connectivity index (χ4v) is 3.49. The van der Waals surface area contributed by atoms with E-state index in [1.807, 2.05) is 30.3 Å². The first-order chi connectivity index (χ1) is 13.7. The number of urea groups is 1. The predicted molar refractivity (Wildman–Crippen MR) is 102 cm³/mol. The summed E-state index contributed by atoms with van der Waals surface area (Å²) in [6.07, 6.45) is 2.45. The Balaban J connectivity index is 1.33. The largest absolute Gasteiger partial charge is 0.459 e. The Kier molecular flexibility index (Phi) is 5.57. The molecule has 1 unspecified atom stereocenters. The number of piperidine rings is 1. The molecule has 0 saturated carbocycles. The summed E-state index contributed by atoms with van der Waals surface area (Å²) in [5, 5.41) is 7.98. The number of furan rings is 1. The molecule has 2 amide bonds. The van der Waals surface area contributed by atoms with Gasteiger partial charge in [0.05, 0.1) is 19.1 Å². The van der Waals surface area contributed by atoms with Crippen molar-refractivity contribution in [3.63, 3.8) is 0 Å². The summed E-state index contributed by atoms with van der Waals surface area (Å²) in [5.74, 6) is 2.04. The van der Waals surface area contributed by atoms with E-state index in [2.05, 4.69) is 15.5 Å². The fraction of sp³-hybridized carbons (Fsp3) is 0.450. The van der Waals surface area contributed by atoms with Crippen LogP contribution in [0.15, 0.2) is 39.3 Å². The minimum atomic E-state index is -0.107. The van der Waals surface area contributed by atoms with Crippen LogP contribution in [0.4, 0.5) is 4.79 Å². The molecule has 28 heavy (non-hydrogen) atoms. The van der Waals surface area contributed by atoms with Crippen LogP contribution >= 0.6 is 0 Å². The van der Waals surface area contributed by atoms with Gasteiger partial charge in [-0.25, -0.2) is 4.79 Å². The third-order valence-corrected chi connectivity index (χ3v) is 4.96. The zero-order valence-corrected chi connectivity index (χ0v) is 15.9. The van der Waals surface area contributed by atoms with Crippen molar-refractivity contribution in [2.75, 3.05) is 26.8 Å². The maximum Gasteiger partial charge on any atom is 0.317 e. The maximum atomic E-state index is 12.6. The number of likely N-dealkylation sites (tertiary alicyclic amines) is 1. The van der Waals surface area contributed by atoms with Crippen molar-refractivity contribution < 1.29 is 18.5 Å². The molecule has 1 aromatic carbocycles. The number of para-hydroxylation sites is 1. The van der Waals surface area contributed by atoms with E-state index in [0.717, 1.165) is 29.6 Å². The molecule has 3 heterocycles. The van der Waals surface area contributed by atoms with Crippen LogP contribution in [-0.2, 0) is 17.7 Å². The number of fused-ring (bicyclic) bond motifs is 1. The van der Waals surface area contributed by atoms with Crippen molar-refractivity contribution in [3.05, 3.63) is 47.8 Å². The predicted octanol–water partition coefficient (Wildman–Crippen LogP) is 3.09. The van der Waals surface area contributed by atoms with Gasteiger partial charge in [0.2, 0.25) is 5.89 Å². The molecule has 2 aromatic heterocycles. The SMILES string of the molecule is COCCc1noc(C2CCCN(C(=O)NCc3cc4ccccc4o3)C2)n1. The normalized spacial score (nSPS) is 17.2. The molecule has 0 spiro atoms. The van der Waals surface area contributed by atoms with E-state index in [1.165, 1.54) is 0 Å². The van der Waals surface area contributed by atoms with Gasteiger partial charge < -0.3 is 23.9 Å². The standard InChI is InChI=1S/C20H24N4O4/c1-26-10-8-18-22-19(28-23-18)15-6-4-9-24(13-15)20(25)21-12-16-11-14-5-2-3-7-17(14)27-16/h2-3,5,7,11,15H,4,6,8-10,12-13H2,1H3,(H,21,25). The highest BCUT2D eigenvalue weighted by atomic mass is 16.5. The first-order valence-electron chi connectivity index (χ1n) is 9.54. The second-order valence-electron chi connectivity index (χ2n) is 6.99. The van der Waals surface area contributed by atoms with E-state index < -0.39 is 0 Å². The lowest BCUT2D eigenvalue weighted by atomic mass is 9.98. The molecule has 8 heteroatoms. The molecule has 1 aliphatic heterocycles. The van der Waals surface area contributed by atoms with Crippen LogP contribution < -0.4 is 5.32 Å². The molecule has 1 saturated heterocycles. The number of ether oxygens (including phenoxy) is 1. The molecular formula is C20H24N4O4. The highest BCUT2D eigenvalue weighted by molar-refractivity contribution is 5.78. The summed E-state index contributed by atoms with van der Waals surface area (Å²) in [7, 11) is 1.64. The van der Waals surface area contributed by atoms with Crippen LogP contribution in [0, 0.1) is 0 Å². The summed E-state index contributed by atoms with van der Waals surface area (Å²) in [6, 6.07) is 9.65. The Morgan fingerprint density at radius 3 is 3.14 bits per heavy atom. The molecule has 1 atom stereocenters. The average Bonchev–Trinajstić information content (AvgIpc) is 3.37. The van der Waals surface area contributed by atoms with Crippen LogP contribution in [-0.4, -0.2) is 47.9 Å². The van der Waals surface area contributed by atoms with Crippen LogP contribution in [0.3, 0.4) is 0 Å². The molecule has 0 bridgehead atoms. The molecule has 0 radical (unpaired) electrons. The lowest BCUT2D eigenvalue weighted by Gasteiger charge is -2.30. The van der Waals surface area contributed by atoms with E-state index >= 15 is 0 Å². The number of aromatic nitrogens is 2. The van der Waals surface area contributed by atoms with E-state index in [9.17, 15) is 4.79 Å². The highest BCUT2D eigenvalue weighted by Crippen LogP contribution is 2.26. The van der Waals surface area contributed by atoms with E-state index in [0.29, 0.717) is 44.4 Å². The number of amides is 2. The maximum absolute atomic E-state index is 12.6. The second-order valence-corrected chi connectivity index (χ2v) is 6.99. The van der Waals surface area contributed by atoms with Crippen molar-refractivity contribution in [2.45, 2.75) is 31.7 Å². The third kappa shape index (κ3) is 4.17. The number of hydrogen-bond acceptors (Lipinski definition) is 6. The van der Waals surface area contributed by atoms with Crippen LogP contribution in [0.5, 0.6) is 0 Å². The van der Waals surface area contributed by atoms with Crippen molar-refractivity contribution in [3.8, 4) is 0 Å². The van der Waals surface area contributed by atoms with Crippen LogP contribution in [0.2, 0.25) is 0 Å². The van der Waals surface area contributed by atoms with E-state index in [1.54, 1.807) is 12.0 Å². The van der Waals surface area contributed by atoms with Gasteiger partial charge in [-0.1, -0.05) is 23.4 Å². The van der Waals surface area contributed by atoms with Crippen molar-refractivity contribution in [2.24, 2.45) is 0 Å². The van der Waals surface area contributed by atoms with Crippen molar-refractivity contribution in [1.29, 1.82) is 0 Å². The molecule has 1 N–H and O–H groups in total. The number of carbonyl (C=O) groups excluding carboxylic acids is 1. The molecule has 148 valence electrons. The minimum Gasteiger partial charge on any atom is -0.459 e. The third-order valence-electron chi connectivity index (χ3n) is 4.96. The molecule has 4 rings (SSSR count). The van der Waals surface area contributed by atoms with Gasteiger partial charge in [0.15, 0.2) is 5.82 Å². The van der Waals surface area contributed by atoms with E-state index in [-0.39, 0.29) is 11.9 Å². The smallest absolute Gasteiger partial charge is 0.317 e. The lowest BCUT2D eigenvalue weighted by Crippen LogP contribution is -2.44. The topological polar surface area (TPSA) is 93.6 Å². The molecule has 1 fully saturated rings. The summed E-state index contributed by atoms with van der Waals surface area (Å²) >= 11 is 0. The summed E-state index contributed by atoms with van der Waals surface area (Å²) in [6.45, 7) is 2.20. The van der Waals surface area contributed by atoms with Gasteiger partial charge in [-0.3, -0.25) is 0 Å². The number of rotatable bonds is 6. The highest BCUT2D eigenvalue weighted by Gasteiger charge is 2.28. The Labute approximate surface area is 162 Å². The van der Waals surface area contributed by atoms with Gasteiger partial charge in [-0.2, -0.15) is 4.98 Å². The number of carbonyl (C=O) groups is 1. The molecular weight excluding hydrogens is 360 g/mol. The number of benzene rings is 1. The van der Waals surface area contributed by atoms with Gasteiger partial charge in [0, 0.05) is 32.0 Å². The first-order valence-corrected chi connectivity index (χ1v) is 9.54. The molecule has 0 aliphatic carbocycles. The summed E-state index contributed by atoms with van der Waals surface area (Å²) < 4.78 is 16.2. The Bertz CT molecular complexity index is 902. The zero-order valence-electron chi connectivity index (χ0n) is 15.9. The lowest BCUT2D eigenvalue weighted by molar-refractivity contribution is 0.171.